The standard InChI is InChI=1S/C25H31N5O.C9H8O2/c1-17(2)11-12-28-23-10-7-18(14-26)13-21(23)27-24(28)16-30-22-6-4-3-5-19(22)15-29(25(30)31)20-8-9-20;10-9(11)7-6-8-4-2-1-3-5-8/h3-7,10,13,17,20H,8-9,11-12,14-16,26H2,1-2H3;1-7H,(H,10,11). The SMILES string of the molecule is CC(C)CCn1c(CN2C(=O)N(C3CC3)Cc3ccccc32)nc2cc(CN)ccc21.O=C(O)C=Cc1ccccc1. The van der Waals surface area contributed by atoms with E-state index in [1.165, 1.54) is 5.56 Å². The summed E-state index contributed by atoms with van der Waals surface area (Å²) in [7, 11) is 0. The number of nitrogens with zero attached hydrogens (tertiary/aromatic N) is 4. The summed E-state index contributed by atoms with van der Waals surface area (Å²) in [6.45, 7) is 7.05. The number of nitrogens with two attached hydrogens (primary N) is 1. The molecule has 0 bridgehead atoms. The van der Waals surface area contributed by atoms with Crippen LogP contribution in [0.5, 0.6) is 0 Å². The Balaban J connectivity index is 0.000000271. The summed E-state index contributed by atoms with van der Waals surface area (Å²) in [5.41, 5.74) is 12.1. The van der Waals surface area contributed by atoms with E-state index < -0.39 is 5.97 Å². The van der Waals surface area contributed by atoms with Crippen molar-refractivity contribution in [2.24, 2.45) is 11.7 Å². The highest BCUT2D eigenvalue weighted by Crippen LogP contribution is 2.37. The lowest BCUT2D eigenvalue weighted by Crippen LogP contribution is -2.48. The van der Waals surface area contributed by atoms with Crippen LogP contribution >= 0.6 is 0 Å². The number of hydrogen-bond acceptors (Lipinski definition) is 4. The van der Waals surface area contributed by atoms with Gasteiger partial charge in [0, 0.05) is 31.8 Å². The number of carbonyl (C=O) groups excluding carboxylic acids is 1. The van der Waals surface area contributed by atoms with E-state index in [1.807, 2.05) is 46.2 Å². The topological polar surface area (TPSA) is 105 Å². The minimum Gasteiger partial charge on any atom is -0.478 e. The van der Waals surface area contributed by atoms with Gasteiger partial charge in [0.15, 0.2) is 0 Å². The fourth-order valence-electron chi connectivity index (χ4n) is 5.22. The van der Waals surface area contributed by atoms with E-state index in [-0.39, 0.29) is 6.03 Å². The number of benzene rings is 3. The Hall–Kier alpha value is -4.43. The lowest BCUT2D eigenvalue weighted by atomic mass is 10.1. The molecule has 1 fully saturated rings. The van der Waals surface area contributed by atoms with Crippen LogP contribution < -0.4 is 10.6 Å². The molecule has 2 aliphatic rings. The zero-order valence-corrected chi connectivity index (χ0v) is 24.3. The molecular weight excluding hydrogens is 526 g/mol. The molecule has 2 heterocycles. The third-order valence-corrected chi connectivity index (χ3v) is 7.66. The van der Waals surface area contributed by atoms with Crippen molar-refractivity contribution in [3.63, 3.8) is 0 Å². The Bertz CT molecular complexity index is 1570. The summed E-state index contributed by atoms with van der Waals surface area (Å²) in [6.07, 6.45) is 5.96. The molecule has 8 heteroatoms. The molecule has 3 N–H and O–H groups in total. The van der Waals surface area contributed by atoms with Crippen molar-refractivity contribution in [2.45, 2.75) is 65.3 Å². The molecule has 4 aromatic rings. The second kappa shape index (κ2) is 13.0. The van der Waals surface area contributed by atoms with Crippen LogP contribution in [0.3, 0.4) is 0 Å². The smallest absolute Gasteiger partial charge is 0.328 e. The molecule has 0 unspecified atom stereocenters. The molecular formula is C34H39N5O3. The van der Waals surface area contributed by atoms with Crippen molar-refractivity contribution in [3.05, 3.63) is 101 Å². The minimum atomic E-state index is -0.922. The lowest BCUT2D eigenvalue weighted by Gasteiger charge is -2.37. The summed E-state index contributed by atoms with van der Waals surface area (Å²) >= 11 is 0. The number of para-hydroxylation sites is 1. The van der Waals surface area contributed by atoms with E-state index in [2.05, 4.69) is 54.8 Å². The van der Waals surface area contributed by atoms with Gasteiger partial charge >= 0.3 is 12.0 Å². The molecule has 2 amide bonds. The van der Waals surface area contributed by atoms with E-state index in [4.69, 9.17) is 15.8 Å². The Morgan fingerprint density at radius 2 is 1.81 bits per heavy atom. The average molecular weight is 566 g/mol. The van der Waals surface area contributed by atoms with Crippen LogP contribution in [-0.4, -0.2) is 37.6 Å². The van der Waals surface area contributed by atoms with Crippen LogP contribution in [0.2, 0.25) is 0 Å². The maximum atomic E-state index is 13.5. The van der Waals surface area contributed by atoms with E-state index in [9.17, 15) is 9.59 Å². The fraction of sp³-hybridized carbons (Fsp3) is 0.324. The first-order valence-corrected chi connectivity index (χ1v) is 14.6. The summed E-state index contributed by atoms with van der Waals surface area (Å²) in [5, 5.41) is 8.29. The van der Waals surface area contributed by atoms with Crippen molar-refractivity contribution in [3.8, 4) is 0 Å². The number of aliphatic carboxylic acids is 1. The van der Waals surface area contributed by atoms with E-state index in [0.717, 1.165) is 65.6 Å². The Morgan fingerprint density at radius 1 is 1.07 bits per heavy atom. The highest BCUT2D eigenvalue weighted by atomic mass is 16.4. The fourth-order valence-corrected chi connectivity index (χ4v) is 5.22. The molecule has 0 spiro atoms. The molecule has 218 valence electrons. The number of hydrogen-bond donors (Lipinski definition) is 2. The first-order valence-electron chi connectivity index (χ1n) is 14.6. The third-order valence-electron chi connectivity index (χ3n) is 7.66. The number of carboxylic acids is 1. The molecule has 3 aromatic carbocycles. The Kier molecular flexibility index (Phi) is 9.03. The van der Waals surface area contributed by atoms with Crippen molar-refractivity contribution in [1.82, 2.24) is 14.5 Å². The molecule has 0 radical (unpaired) electrons. The number of urea groups is 1. The summed E-state index contributed by atoms with van der Waals surface area (Å²) in [5.74, 6) is 0.607. The predicted octanol–water partition coefficient (Wildman–Crippen LogP) is 6.43. The number of imidazole rings is 1. The molecule has 1 aromatic heterocycles. The average Bonchev–Trinajstić information content (AvgIpc) is 3.78. The van der Waals surface area contributed by atoms with Crippen molar-refractivity contribution < 1.29 is 14.7 Å². The molecule has 0 saturated heterocycles. The van der Waals surface area contributed by atoms with Gasteiger partial charge in [-0.3, -0.25) is 4.90 Å². The zero-order valence-electron chi connectivity index (χ0n) is 24.3. The van der Waals surface area contributed by atoms with Crippen LogP contribution in [0.4, 0.5) is 10.5 Å². The molecule has 1 aliphatic carbocycles. The van der Waals surface area contributed by atoms with Crippen molar-refractivity contribution >= 4 is 34.8 Å². The number of anilines is 1. The van der Waals surface area contributed by atoms with E-state index in [0.29, 0.717) is 31.6 Å². The van der Waals surface area contributed by atoms with E-state index in [1.54, 1.807) is 6.08 Å². The van der Waals surface area contributed by atoms with E-state index >= 15 is 0 Å². The quantitative estimate of drug-likeness (QED) is 0.228. The molecule has 42 heavy (non-hydrogen) atoms. The van der Waals surface area contributed by atoms with Gasteiger partial charge in [-0.1, -0.05) is 68.4 Å². The second-order valence-electron chi connectivity index (χ2n) is 11.3. The van der Waals surface area contributed by atoms with Gasteiger partial charge in [-0.2, -0.15) is 0 Å². The Labute approximate surface area is 247 Å². The zero-order chi connectivity index (χ0) is 29.6. The van der Waals surface area contributed by atoms with Crippen molar-refractivity contribution in [1.29, 1.82) is 0 Å². The highest BCUT2D eigenvalue weighted by molar-refractivity contribution is 5.95. The summed E-state index contributed by atoms with van der Waals surface area (Å²) in [6, 6.07) is 24.3. The van der Waals surface area contributed by atoms with Crippen LogP contribution in [0, 0.1) is 5.92 Å². The van der Waals surface area contributed by atoms with Crippen LogP contribution in [0.25, 0.3) is 17.1 Å². The number of fused-ring (bicyclic) bond motifs is 2. The van der Waals surface area contributed by atoms with Crippen LogP contribution in [0.15, 0.2) is 78.9 Å². The van der Waals surface area contributed by atoms with Gasteiger partial charge in [0.1, 0.15) is 5.82 Å². The number of carbonyl (C=O) groups is 2. The van der Waals surface area contributed by atoms with Gasteiger partial charge < -0.3 is 20.3 Å². The number of aromatic nitrogens is 2. The highest BCUT2D eigenvalue weighted by Gasteiger charge is 2.39. The largest absolute Gasteiger partial charge is 0.478 e. The monoisotopic (exact) mass is 565 g/mol. The normalized spacial score (nSPS) is 14.8. The second-order valence-corrected chi connectivity index (χ2v) is 11.3. The minimum absolute atomic E-state index is 0.103. The van der Waals surface area contributed by atoms with Gasteiger partial charge in [0.2, 0.25) is 0 Å². The van der Waals surface area contributed by atoms with Gasteiger partial charge in [0.05, 0.1) is 23.3 Å². The van der Waals surface area contributed by atoms with Gasteiger partial charge in [-0.25, -0.2) is 14.6 Å². The number of carboxylic acid groups (broad SMARTS) is 1. The van der Waals surface area contributed by atoms with Crippen LogP contribution in [-0.2, 0) is 31.0 Å². The van der Waals surface area contributed by atoms with Gasteiger partial charge in [-0.05, 0) is 66.1 Å². The first kappa shape index (κ1) is 29.1. The molecule has 1 saturated carbocycles. The molecule has 8 nitrogen and oxygen atoms in total. The molecule has 6 rings (SSSR count). The first-order chi connectivity index (χ1) is 20.3. The van der Waals surface area contributed by atoms with Gasteiger partial charge in [0.25, 0.3) is 0 Å². The maximum Gasteiger partial charge on any atom is 0.328 e. The Morgan fingerprint density at radius 3 is 2.50 bits per heavy atom. The number of rotatable bonds is 9. The van der Waals surface area contributed by atoms with Gasteiger partial charge in [-0.15, -0.1) is 0 Å². The summed E-state index contributed by atoms with van der Waals surface area (Å²) < 4.78 is 2.29. The molecule has 1 aliphatic heterocycles. The summed E-state index contributed by atoms with van der Waals surface area (Å²) in [4.78, 5) is 32.5. The third kappa shape index (κ3) is 6.89. The maximum absolute atomic E-state index is 13.5. The predicted molar refractivity (Wildman–Crippen MR) is 167 cm³/mol. The van der Waals surface area contributed by atoms with Crippen LogP contribution in [0.1, 0.15) is 55.6 Å². The molecule has 0 atom stereocenters. The number of aryl methyl sites for hydroxylation is 1. The number of amides is 2. The lowest BCUT2D eigenvalue weighted by molar-refractivity contribution is -0.131. The van der Waals surface area contributed by atoms with Crippen molar-refractivity contribution in [2.75, 3.05) is 4.90 Å².